The molecule has 2 unspecified atom stereocenters. The van der Waals surface area contributed by atoms with E-state index in [1.807, 2.05) is 37.3 Å². The Morgan fingerprint density at radius 3 is 2.45 bits per heavy atom. The van der Waals surface area contributed by atoms with E-state index in [0.29, 0.717) is 6.42 Å². The number of aryl methyl sites for hydroxylation is 2. The van der Waals surface area contributed by atoms with Gasteiger partial charge in [0.05, 0.1) is 12.1 Å². The van der Waals surface area contributed by atoms with Gasteiger partial charge in [0.25, 0.3) is 0 Å². The number of carbonyl (C=O) groups is 1. The van der Waals surface area contributed by atoms with Crippen LogP contribution in [-0.2, 0) is 11.2 Å². The molecule has 0 spiro atoms. The highest BCUT2D eigenvalue weighted by Crippen LogP contribution is 2.18. The summed E-state index contributed by atoms with van der Waals surface area (Å²) in [5, 5.41) is 3.01. The highest BCUT2D eigenvalue weighted by atomic mass is 16.2. The predicted molar refractivity (Wildman–Crippen MR) is 90.6 cm³/mol. The Morgan fingerprint density at radius 2 is 1.82 bits per heavy atom. The highest BCUT2D eigenvalue weighted by Gasteiger charge is 2.17. The summed E-state index contributed by atoms with van der Waals surface area (Å²) >= 11 is 0. The molecule has 0 aliphatic carbocycles. The monoisotopic (exact) mass is 296 g/mol. The second kappa shape index (κ2) is 7.23. The van der Waals surface area contributed by atoms with Crippen molar-refractivity contribution in [2.24, 2.45) is 5.73 Å². The van der Waals surface area contributed by atoms with Gasteiger partial charge in [-0.3, -0.25) is 4.79 Å². The fourth-order valence-corrected chi connectivity index (χ4v) is 2.67. The third-order valence-corrected chi connectivity index (χ3v) is 3.89. The van der Waals surface area contributed by atoms with Crippen LogP contribution in [0, 0.1) is 13.8 Å². The first-order valence-electron chi connectivity index (χ1n) is 7.64. The molecule has 22 heavy (non-hydrogen) atoms. The standard InChI is InChI=1S/C19H24N2O/c1-13-9-10-17(14(2)11-13)15(3)21-19(22)18(20)12-16-7-5-4-6-8-16/h4-11,15,18H,12,20H2,1-3H3,(H,21,22). The quantitative estimate of drug-likeness (QED) is 0.891. The van der Waals surface area contributed by atoms with Crippen molar-refractivity contribution in [1.82, 2.24) is 5.32 Å². The maximum atomic E-state index is 12.3. The Labute approximate surface area is 132 Å². The Hall–Kier alpha value is -2.13. The van der Waals surface area contributed by atoms with Crippen LogP contribution in [0.1, 0.15) is 35.2 Å². The number of hydrogen-bond donors (Lipinski definition) is 2. The Morgan fingerprint density at radius 1 is 1.14 bits per heavy atom. The lowest BCUT2D eigenvalue weighted by Gasteiger charge is -2.20. The second-order valence-corrected chi connectivity index (χ2v) is 5.89. The van der Waals surface area contributed by atoms with Crippen molar-refractivity contribution >= 4 is 5.91 Å². The highest BCUT2D eigenvalue weighted by molar-refractivity contribution is 5.82. The van der Waals surface area contributed by atoms with Crippen molar-refractivity contribution in [1.29, 1.82) is 0 Å². The number of carbonyl (C=O) groups excluding carboxylic acids is 1. The van der Waals surface area contributed by atoms with E-state index in [0.717, 1.165) is 11.1 Å². The van der Waals surface area contributed by atoms with Crippen LogP contribution in [0.5, 0.6) is 0 Å². The molecular formula is C19H24N2O. The van der Waals surface area contributed by atoms with Gasteiger partial charge in [0.2, 0.25) is 5.91 Å². The van der Waals surface area contributed by atoms with Gasteiger partial charge in [0.15, 0.2) is 0 Å². The van der Waals surface area contributed by atoms with E-state index < -0.39 is 6.04 Å². The molecule has 0 radical (unpaired) electrons. The predicted octanol–water partition coefficient (Wildman–Crippen LogP) is 3.05. The summed E-state index contributed by atoms with van der Waals surface area (Å²) in [4.78, 5) is 12.3. The van der Waals surface area contributed by atoms with Crippen LogP contribution < -0.4 is 11.1 Å². The minimum Gasteiger partial charge on any atom is -0.348 e. The molecule has 2 atom stereocenters. The molecule has 3 nitrogen and oxygen atoms in total. The molecule has 0 saturated heterocycles. The van der Waals surface area contributed by atoms with E-state index in [-0.39, 0.29) is 11.9 Å². The Balaban J connectivity index is 1.98. The fourth-order valence-electron chi connectivity index (χ4n) is 2.67. The number of rotatable bonds is 5. The summed E-state index contributed by atoms with van der Waals surface area (Å²) in [7, 11) is 0. The van der Waals surface area contributed by atoms with Gasteiger partial charge < -0.3 is 11.1 Å². The van der Waals surface area contributed by atoms with Crippen LogP contribution in [0.25, 0.3) is 0 Å². The molecule has 3 N–H and O–H groups in total. The second-order valence-electron chi connectivity index (χ2n) is 5.89. The van der Waals surface area contributed by atoms with Crippen molar-refractivity contribution in [2.75, 3.05) is 0 Å². The van der Waals surface area contributed by atoms with Crippen LogP contribution in [0.2, 0.25) is 0 Å². The SMILES string of the molecule is Cc1ccc(C(C)NC(=O)C(N)Cc2ccccc2)c(C)c1. The molecule has 116 valence electrons. The van der Waals surface area contributed by atoms with Gasteiger partial charge >= 0.3 is 0 Å². The zero-order valence-electron chi connectivity index (χ0n) is 13.5. The number of nitrogens with two attached hydrogens (primary N) is 1. The van der Waals surface area contributed by atoms with Crippen molar-refractivity contribution in [3.8, 4) is 0 Å². The Kier molecular flexibility index (Phi) is 5.34. The average molecular weight is 296 g/mol. The van der Waals surface area contributed by atoms with Gasteiger partial charge in [-0.1, -0.05) is 54.1 Å². The van der Waals surface area contributed by atoms with Crippen LogP contribution in [0.3, 0.4) is 0 Å². The van der Waals surface area contributed by atoms with Crippen LogP contribution in [0.15, 0.2) is 48.5 Å². The zero-order valence-corrected chi connectivity index (χ0v) is 13.5. The molecule has 0 aliphatic rings. The van der Waals surface area contributed by atoms with E-state index in [1.54, 1.807) is 0 Å². The van der Waals surface area contributed by atoms with Crippen molar-refractivity contribution < 1.29 is 4.79 Å². The normalized spacial score (nSPS) is 13.5. The van der Waals surface area contributed by atoms with Crippen LogP contribution >= 0.6 is 0 Å². The average Bonchev–Trinajstić information content (AvgIpc) is 2.47. The molecule has 3 heteroatoms. The van der Waals surface area contributed by atoms with Crippen molar-refractivity contribution in [3.63, 3.8) is 0 Å². The molecule has 0 aromatic heterocycles. The lowest BCUT2D eigenvalue weighted by atomic mass is 9.99. The molecule has 0 heterocycles. The molecule has 2 aromatic rings. The Bertz CT molecular complexity index is 637. The number of hydrogen-bond acceptors (Lipinski definition) is 2. The summed E-state index contributed by atoms with van der Waals surface area (Å²) in [5.41, 5.74) is 10.6. The largest absolute Gasteiger partial charge is 0.348 e. The summed E-state index contributed by atoms with van der Waals surface area (Å²) in [6, 6.07) is 15.5. The summed E-state index contributed by atoms with van der Waals surface area (Å²) in [5.74, 6) is -0.115. The van der Waals surface area contributed by atoms with Gasteiger partial charge in [0, 0.05) is 0 Å². The lowest BCUT2D eigenvalue weighted by Crippen LogP contribution is -2.43. The number of amides is 1. The van der Waals surface area contributed by atoms with Gasteiger partial charge in [-0.25, -0.2) is 0 Å². The summed E-state index contributed by atoms with van der Waals surface area (Å²) < 4.78 is 0. The van der Waals surface area contributed by atoms with Gasteiger partial charge in [-0.15, -0.1) is 0 Å². The number of nitrogens with one attached hydrogen (secondary N) is 1. The van der Waals surface area contributed by atoms with Gasteiger partial charge in [-0.05, 0) is 43.9 Å². The van der Waals surface area contributed by atoms with E-state index in [4.69, 9.17) is 5.73 Å². The van der Waals surface area contributed by atoms with Crippen molar-refractivity contribution in [3.05, 3.63) is 70.8 Å². The summed E-state index contributed by atoms with van der Waals surface area (Å²) in [6.45, 7) is 6.12. The minimum absolute atomic E-state index is 0.0464. The molecular weight excluding hydrogens is 272 g/mol. The van der Waals surface area contributed by atoms with Gasteiger partial charge in [0.1, 0.15) is 0 Å². The van der Waals surface area contributed by atoms with E-state index >= 15 is 0 Å². The van der Waals surface area contributed by atoms with E-state index in [9.17, 15) is 4.79 Å². The molecule has 0 aliphatic heterocycles. The molecule has 0 saturated carbocycles. The van der Waals surface area contributed by atoms with Gasteiger partial charge in [-0.2, -0.15) is 0 Å². The van der Waals surface area contributed by atoms with Crippen LogP contribution in [-0.4, -0.2) is 11.9 Å². The third-order valence-electron chi connectivity index (χ3n) is 3.89. The number of benzene rings is 2. The first kappa shape index (κ1) is 16.2. The topological polar surface area (TPSA) is 55.1 Å². The van der Waals surface area contributed by atoms with Crippen molar-refractivity contribution in [2.45, 2.75) is 39.3 Å². The lowest BCUT2D eigenvalue weighted by molar-refractivity contribution is -0.123. The van der Waals surface area contributed by atoms with Crippen LogP contribution in [0.4, 0.5) is 0 Å². The molecule has 0 fully saturated rings. The zero-order chi connectivity index (χ0) is 16.1. The molecule has 2 aromatic carbocycles. The molecule has 2 rings (SSSR count). The molecule has 1 amide bonds. The summed E-state index contributed by atoms with van der Waals surface area (Å²) in [6.07, 6.45) is 0.548. The fraction of sp³-hybridized carbons (Fsp3) is 0.316. The third kappa shape index (κ3) is 4.18. The molecule has 0 bridgehead atoms. The van der Waals surface area contributed by atoms with E-state index in [1.165, 1.54) is 11.1 Å². The first-order valence-corrected chi connectivity index (χ1v) is 7.64. The van der Waals surface area contributed by atoms with E-state index in [2.05, 4.69) is 37.4 Å². The smallest absolute Gasteiger partial charge is 0.237 e. The maximum absolute atomic E-state index is 12.3. The minimum atomic E-state index is -0.532. The maximum Gasteiger partial charge on any atom is 0.237 e. The first-order chi connectivity index (χ1) is 10.5.